The molecule has 0 amide bonds. The molecule has 0 saturated carbocycles. The van der Waals surface area contributed by atoms with Crippen molar-refractivity contribution in [3.05, 3.63) is 65.2 Å². The molecule has 0 N–H and O–H groups in total. The Hall–Kier alpha value is -1.18. The summed E-state index contributed by atoms with van der Waals surface area (Å²) in [5, 5.41) is 0. The molecule has 1 heterocycles. The summed E-state index contributed by atoms with van der Waals surface area (Å²) in [4.78, 5) is 10.2. The average Bonchev–Trinajstić information content (AvgIpc) is 3.23. The average molecular weight is 568 g/mol. The fourth-order valence-electron chi connectivity index (χ4n) is 3.53. The summed E-state index contributed by atoms with van der Waals surface area (Å²) >= 11 is -0.106. The van der Waals surface area contributed by atoms with Crippen LogP contribution in [-0.2, 0) is 20.7 Å². The predicted molar refractivity (Wildman–Crippen MR) is 136 cm³/mol. The zero-order valence-electron chi connectivity index (χ0n) is 19.9. The van der Waals surface area contributed by atoms with Crippen LogP contribution < -0.4 is 0 Å². The summed E-state index contributed by atoms with van der Waals surface area (Å²) in [5.41, 5.74) is 5.50. The molecule has 0 aliphatic carbocycles. The van der Waals surface area contributed by atoms with E-state index in [1.807, 2.05) is 18.2 Å². The Morgan fingerprint density at radius 3 is 1.94 bits per heavy atom. The molecule has 1 atom stereocenters. The fourth-order valence-corrected chi connectivity index (χ4v) is 3.53. The van der Waals surface area contributed by atoms with Gasteiger partial charge in [0, 0.05) is 5.56 Å². The van der Waals surface area contributed by atoms with Gasteiger partial charge in [-0.15, -0.1) is 0 Å². The Balaban J connectivity index is 0.00000114. The maximum atomic E-state index is 6.10. The second kappa shape index (κ2) is 12.3. The van der Waals surface area contributed by atoms with Crippen molar-refractivity contribution in [2.24, 2.45) is 15.4 Å². The van der Waals surface area contributed by atoms with Crippen LogP contribution in [0.2, 0.25) is 0 Å². The van der Waals surface area contributed by atoms with Crippen LogP contribution in [0.5, 0.6) is 0 Å². The standard InChI is InChI=1S/C26H34N2O.2ClH.Pd/c1-17(2)20-14-11-15-21(18(3)4)24(20)28-23(19-12-9-8-10-13-19)25-27-22(16-29-25)26(5,6)7;;;/h8-15,17-18,22H,16H2,1-7H3;2*1H;/q;;;+2/p-2/t22-;;;/m1.../s1. The van der Waals surface area contributed by atoms with Crippen LogP contribution in [0.1, 0.15) is 77.0 Å². The third-order valence-electron chi connectivity index (χ3n) is 5.47. The van der Waals surface area contributed by atoms with Gasteiger partial charge in [0.15, 0.2) is 0 Å². The van der Waals surface area contributed by atoms with Crippen LogP contribution in [0.25, 0.3) is 0 Å². The second-order valence-corrected chi connectivity index (χ2v) is 12.0. The van der Waals surface area contributed by atoms with E-state index in [1.54, 1.807) is 0 Å². The van der Waals surface area contributed by atoms with Crippen LogP contribution in [-0.4, -0.2) is 24.3 Å². The Morgan fingerprint density at radius 2 is 1.50 bits per heavy atom. The predicted octanol–water partition coefficient (Wildman–Crippen LogP) is 8.27. The summed E-state index contributed by atoms with van der Waals surface area (Å²) in [6.45, 7) is 16.1. The molecule has 32 heavy (non-hydrogen) atoms. The summed E-state index contributed by atoms with van der Waals surface area (Å²) in [6, 6.07) is 16.9. The summed E-state index contributed by atoms with van der Waals surface area (Å²) in [7, 11) is 9.63. The van der Waals surface area contributed by atoms with E-state index in [0.29, 0.717) is 24.3 Å². The summed E-state index contributed by atoms with van der Waals surface area (Å²) in [5.74, 6) is 1.43. The van der Waals surface area contributed by atoms with Gasteiger partial charge in [-0.05, 0) is 28.4 Å². The Labute approximate surface area is 209 Å². The Bertz CT molecular complexity index is 908. The van der Waals surface area contributed by atoms with Gasteiger partial charge < -0.3 is 4.74 Å². The monoisotopic (exact) mass is 566 g/mol. The van der Waals surface area contributed by atoms with Crippen molar-refractivity contribution in [3.63, 3.8) is 0 Å². The number of hydrogen-bond donors (Lipinski definition) is 0. The van der Waals surface area contributed by atoms with E-state index in [1.165, 1.54) is 11.1 Å². The van der Waals surface area contributed by atoms with Crippen molar-refractivity contribution in [1.82, 2.24) is 0 Å². The van der Waals surface area contributed by atoms with Crippen molar-refractivity contribution in [1.29, 1.82) is 0 Å². The van der Waals surface area contributed by atoms with Gasteiger partial charge in [0.1, 0.15) is 12.3 Å². The van der Waals surface area contributed by atoms with E-state index in [9.17, 15) is 0 Å². The molecule has 1 aliphatic rings. The van der Waals surface area contributed by atoms with E-state index < -0.39 is 0 Å². The van der Waals surface area contributed by atoms with Crippen molar-refractivity contribution < 1.29 is 20.7 Å². The van der Waals surface area contributed by atoms with Crippen LogP contribution in [0.4, 0.5) is 5.69 Å². The molecule has 3 nitrogen and oxygen atoms in total. The first kappa shape index (κ1) is 27.1. The number of rotatable bonds is 5. The van der Waals surface area contributed by atoms with Crippen LogP contribution in [0, 0.1) is 5.41 Å². The summed E-state index contributed by atoms with van der Waals surface area (Å²) < 4.78 is 6.10. The van der Waals surface area contributed by atoms with E-state index in [2.05, 4.69) is 78.8 Å². The molecular formula is C26H34Cl2N2OPd. The number of para-hydroxylation sites is 1. The normalized spacial score (nSPS) is 16.7. The van der Waals surface area contributed by atoms with Crippen molar-refractivity contribution >= 4 is 36.4 Å². The van der Waals surface area contributed by atoms with E-state index >= 15 is 0 Å². The van der Waals surface area contributed by atoms with Crippen LogP contribution in [0.15, 0.2) is 58.5 Å². The first-order chi connectivity index (χ1) is 15.1. The van der Waals surface area contributed by atoms with Crippen LogP contribution in [0.3, 0.4) is 0 Å². The van der Waals surface area contributed by atoms with E-state index in [-0.39, 0.29) is 27.4 Å². The molecular weight excluding hydrogens is 534 g/mol. The number of aliphatic imine (C=N–C) groups is 2. The molecule has 1 aliphatic heterocycles. The molecule has 0 fully saturated rings. The van der Waals surface area contributed by atoms with Crippen molar-refractivity contribution in [2.45, 2.75) is 66.3 Å². The molecule has 0 spiro atoms. The zero-order chi connectivity index (χ0) is 23.9. The molecule has 0 saturated heterocycles. The molecule has 0 bridgehead atoms. The molecule has 3 rings (SSSR count). The Kier molecular flexibility index (Phi) is 10.4. The number of benzene rings is 2. The van der Waals surface area contributed by atoms with Crippen LogP contribution >= 0.6 is 19.1 Å². The van der Waals surface area contributed by atoms with Gasteiger partial charge >= 0.3 is 35.0 Å². The van der Waals surface area contributed by atoms with Gasteiger partial charge in [0.25, 0.3) is 0 Å². The van der Waals surface area contributed by atoms with Crippen molar-refractivity contribution in [2.75, 3.05) is 6.61 Å². The first-order valence-electron chi connectivity index (χ1n) is 10.9. The van der Waals surface area contributed by atoms with E-state index in [0.717, 1.165) is 17.0 Å². The van der Waals surface area contributed by atoms with Gasteiger partial charge in [-0.3, -0.25) is 0 Å². The van der Waals surface area contributed by atoms with Crippen molar-refractivity contribution in [3.8, 4) is 0 Å². The van der Waals surface area contributed by atoms with Gasteiger partial charge in [0.2, 0.25) is 5.90 Å². The number of ether oxygens (including phenoxy) is 1. The minimum atomic E-state index is -0.106. The topological polar surface area (TPSA) is 34.0 Å². The molecule has 6 heteroatoms. The molecule has 2 aromatic carbocycles. The van der Waals surface area contributed by atoms with E-state index in [4.69, 9.17) is 33.8 Å². The summed E-state index contributed by atoms with van der Waals surface area (Å²) in [6.07, 6.45) is 0. The molecule has 0 radical (unpaired) electrons. The van der Waals surface area contributed by atoms with Gasteiger partial charge in [-0.1, -0.05) is 97.0 Å². The fraction of sp³-hybridized carbons (Fsp3) is 0.462. The van der Waals surface area contributed by atoms with Gasteiger partial charge in [-0.25, -0.2) is 9.98 Å². The minimum absolute atomic E-state index is 0.0580. The van der Waals surface area contributed by atoms with Gasteiger partial charge in [-0.2, -0.15) is 0 Å². The first-order valence-corrected chi connectivity index (χ1v) is 14.9. The Morgan fingerprint density at radius 1 is 0.969 bits per heavy atom. The quantitative estimate of drug-likeness (QED) is 0.264. The molecule has 2 aromatic rings. The maximum absolute atomic E-state index is 6.10. The zero-order valence-corrected chi connectivity index (χ0v) is 23.0. The SMILES string of the molecule is CC(C)c1cccc(C(C)C)c1N=C(C1=N[C@@H](C(C)(C)C)CO1)c1ccccc1.[Cl][Pd][Cl]. The van der Waals surface area contributed by atoms with Gasteiger partial charge in [0.05, 0.1) is 11.7 Å². The third-order valence-corrected chi connectivity index (χ3v) is 5.47. The number of halogens is 2. The second-order valence-electron chi connectivity index (χ2n) is 9.59. The third kappa shape index (κ3) is 7.16. The molecule has 0 aromatic heterocycles. The molecule has 0 unspecified atom stereocenters. The number of hydrogen-bond acceptors (Lipinski definition) is 3. The molecule has 178 valence electrons. The number of nitrogens with zero attached hydrogens (tertiary/aromatic N) is 2.